The number of hydrogen-bond acceptors (Lipinski definition) is 5. The van der Waals surface area contributed by atoms with E-state index in [0.29, 0.717) is 6.42 Å². The minimum Gasteiger partial charge on any atom is -0.341 e. The van der Waals surface area contributed by atoms with Crippen LogP contribution in [0.3, 0.4) is 0 Å². The Balaban J connectivity index is 1.67. The Labute approximate surface area is 146 Å². The number of likely N-dealkylation sites (N-methyl/N-ethyl adjacent to an activating group) is 1. The summed E-state index contributed by atoms with van der Waals surface area (Å²) in [6.07, 6.45) is 0.728. The Morgan fingerprint density at radius 2 is 2.21 bits per heavy atom. The van der Waals surface area contributed by atoms with Crippen LogP contribution in [0.5, 0.6) is 0 Å². The molecular weight excluding hydrogens is 344 g/mol. The number of sulfone groups is 1. The molecule has 2 heterocycles. The van der Waals surface area contributed by atoms with Gasteiger partial charge in [0.05, 0.1) is 23.6 Å². The Hall–Kier alpha value is -1.73. The molecule has 1 aliphatic heterocycles. The van der Waals surface area contributed by atoms with Crippen molar-refractivity contribution in [2.75, 3.05) is 18.6 Å². The van der Waals surface area contributed by atoms with Gasteiger partial charge in [-0.05, 0) is 19.4 Å². The minimum absolute atomic E-state index is 0.0703. The van der Waals surface area contributed by atoms with Gasteiger partial charge in [0.15, 0.2) is 9.84 Å². The molecule has 1 saturated heterocycles. The van der Waals surface area contributed by atoms with Gasteiger partial charge >= 0.3 is 0 Å². The maximum atomic E-state index is 12.4. The summed E-state index contributed by atoms with van der Waals surface area (Å²) in [5.41, 5.74) is 2.95. The van der Waals surface area contributed by atoms with Crippen LogP contribution in [0.4, 0.5) is 0 Å². The van der Waals surface area contributed by atoms with Crippen molar-refractivity contribution >= 4 is 27.1 Å². The van der Waals surface area contributed by atoms with E-state index in [1.54, 1.807) is 11.9 Å². The molecule has 2 aromatic rings. The minimum atomic E-state index is -2.99. The Bertz CT molecular complexity index is 858. The standard InChI is InChI=1S/C17H20N2O3S2/c1-12-4-3-5-13(8-12)17-18-14(10-23-17)9-16(20)19(2)15-6-7-24(21,22)11-15/h3-5,8,10,15H,6-7,9,11H2,1-2H3. The monoisotopic (exact) mass is 364 g/mol. The van der Waals surface area contributed by atoms with Crippen molar-refractivity contribution in [3.05, 3.63) is 40.9 Å². The summed E-state index contributed by atoms with van der Waals surface area (Å²) in [6.45, 7) is 2.03. The van der Waals surface area contributed by atoms with Crippen LogP contribution in [0.25, 0.3) is 10.6 Å². The summed E-state index contributed by atoms with van der Waals surface area (Å²) in [4.78, 5) is 18.5. The maximum Gasteiger partial charge on any atom is 0.228 e. The molecule has 0 radical (unpaired) electrons. The number of aromatic nitrogens is 1. The molecule has 1 aromatic carbocycles. The molecule has 5 nitrogen and oxygen atoms in total. The first-order chi connectivity index (χ1) is 11.3. The lowest BCUT2D eigenvalue weighted by Gasteiger charge is -2.23. The average molecular weight is 364 g/mol. The first-order valence-electron chi connectivity index (χ1n) is 7.81. The largest absolute Gasteiger partial charge is 0.341 e. The van der Waals surface area contributed by atoms with Gasteiger partial charge in [-0.3, -0.25) is 4.79 Å². The predicted molar refractivity (Wildman–Crippen MR) is 95.8 cm³/mol. The number of amides is 1. The number of carbonyl (C=O) groups is 1. The Kier molecular flexibility index (Phi) is 4.73. The van der Waals surface area contributed by atoms with E-state index in [2.05, 4.69) is 11.1 Å². The van der Waals surface area contributed by atoms with E-state index in [0.717, 1.165) is 16.3 Å². The lowest BCUT2D eigenvalue weighted by molar-refractivity contribution is -0.130. The fourth-order valence-corrected chi connectivity index (χ4v) is 5.45. The van der Waals surface area contributed by atoms with E-state index in [4.69, 9.17) is 0 Å². The van der Waals surface area contributed by atoms with Crippen molar-refractivity contribution in [3.63, 3.8) is 0 Å². The second-order valence-corrected chi connectivity index (χ2v) is 9.34. The molecule has 1 atom stereocenters. The second-order valence-electron chi connectivity index (χ2n) is 6.25. The summed E-state index contributed by atoms with van der Waals surface area (Å²) in [5, 5.41) is 2.79. The lowest BCUT2D eigenvalue weighted by Crippen LogP contribution is -2.38. The highest BCUT2D eigenvalue weighted by Gasteiger charge is 2.32. The van der Waals surface area contributed by atoms with Crippen LogP contribution in [0.15, 0.2) is 29.6 Å². The van der Waals surface area contributed by atoms with E-state index in [1.165, 1.54) is 16.9 Å². The summed E-state index contributed by atoms with van der Waals surface area (Å²) in [6, 6.07) is 7.89. The molecule has 0 N–H and O–H groups in total. The van der Waals surface area contributed by atoms with Crippen LogP contribution in [0, 0.1) is 6.92 Å². The third-order valence-corrected chi connectivity index (χ3v) is 6.99. The number of rotatable bonds is 4. The van der Waals surface area contributed by atoms with Crippen LogP contribution < -0.4 is 0 Å². The zero-order valence-corrected chi connectivity index (χ0v) is 15.4. The molecule has 0 saturated carbocycles. The summed E-state index contributed by atoms with van der Waals surface area (Å²) < 4.78 is 23.1. The van der Waals surface area contributed by atoms with E-state index >= 15 is 0 Å². The summed E-state index contributed by atoms with van der Waals surface area (Å²) in [5.74, 6) is 0.155. The van der Waals surface area contributed by atoms with E-state index in [-0.39, 0.29) is 29.9 Å². The predicted octanol–water partition coefficient (Wildman–Crippen LogP) is 2.31. The van der Waals surface area contributed by atoms with Gasteiger partial charge in [0.2, 0.25) is 5.91 Å². The number of carbonyl (C=O) groups excluding carboxylic acids is 1. The molecule has 7 heteroatoms. The zero-order chi connectivity index (χ0) is 17.3. The lowest BCUT2D eigenvalue weighted by atomic mass is 10.1. The average Bonchev–Trinajstić information content (AvgIpc) is 3.13. The number of thiazole rings is 1. The maximum absolute atomic E-state index is 12.4. The van der Waals surface area contributed by atoms with Gasteiger partial charge in [0.25, 0.3) is 0 Å². The second kappa shape index (κ2) is 6.64. The highest BCUT2D eigenvalue weighted by atomic mass is 32.2. The molecule has 0 spiro atoms. The van der Waals surface area contributed by atoms with Crippen molar-refractivity contribution in [3.8, 4) is 10.6 Å². The van der Waals surface area contributed by atoms with Crippen LogP contribution in [-0.2, 0) is 21.1 Å². The molecule has 1 aliphatic rings. The SMILES string of the molecule is Cc1cccc(-c2nc(CC(=O)N(C)C3CCS(=O)(=O)C3)cs2)c1. The van der Waals surface area contributed by atoms with Crippen molar-refractivity contribution in [1.82, 2.24) is 9.88 Å². The first kappa shape index (κ1) is 17.1. The summed E-state index contributed by atoms with van der Waals surface area (Å²) >= 11 is 1.52. The number of nitrogens with zero attached hydrogens (tertiary/aromatic N) is 2. The third kappa shape index (κ3) is 3.84. The van der Waals surface area contributed by atoms with Gasteiger partial charge in [-0.25, -0.2) is 13.4 Å². The van der Waals surface area contributed by atoms with Gasteiger partial charge < -0.3 is 4.90 Å². The number of hydrogen-bond donors (Lipinski definition) is 0. The number of aryl methyl sites for hydroxylation is 1. The van der Waals surface area contributed by atoms with Crippen LogP contribution in [0.1, 0.15) is 17.7 Å². The Morgan fingerprint density at radius 1 is 1.42 bits per heavy atom. The molecule has 128 valence electrons. The fraction of sp³-hybridized carbons (Fsp3) is 0.412. The number of benzene rings is 1. The highest BCUT2D eigenvalue weighted by Crippen LogP contribution is 2.25. The molecule has 0 aliphatic carbocycles. The van der Waals surface area contributed by atoms with Crippen LogP contribution in [0.2, 0.25) is 0 Å². The molecule has 1 amide bonds. The third-order valence-electron chi connectivity index (χ3n) is 4.30. The molecule has 24 heavy (non-hydrogen) atoms. The van der Waals surface area contributed by atoms with Gasteiger partial charge in [-0.15, -0.1) is 11.3 Å². The van der Waals surface area contributed by atoms with Crippen molar-refractivity contribution < 1.29 is 13.2 Å². The van der Waals surface area contributed by atoms with E-state index in [9.17, 15) is 13.2 Å². The van der Waals surface area contributed by atoms with Crippen LogP contribution >= 0.6 is 11.3 Å². The zero-order valence-electron chi connectivity index (χ0n) is 13.7. The molecular formula is C17H20N2O3S2. The van der Waals surface area contributed by atoms with Gasteiger partial charge in [0.1, 0.15) is 5.01 Å². The molecule has 1 unspecified atom stereocenters. The summed E-state index contributed by atoms with van der Waals surface area (Å²) in [7, 11) is -1.31. The molecule has 0 bridgehead atoms. The topological polar surface area (TPSA) is 67.3 Å². The highest BCUT2D eigenvalue weighted by molar-refractivity contribution is 7.91. The molecule has 1 fully saturated rings. The molecule has 3 rings (SSSR count). The van der Waals surface area contributed by atoms with E-state index in [1.807, 2.05) is 30.5 Å². The van der Waals surface area contributed by atoms with Crippen LogP contribution in [-0.4, -0.2) is 48.8 Å². The van der Waals surface area contributed by atoms with Gasteiger partial charge in [0, 0.05) is 24.0 Å². The Morgan fingerprint density at radius 3 is 2.88 bits per heavy atom. The quantitative estimate of drug-likeness (QED) is 0.835. The fourth-order valence-electron chi connectivity index (χ4n) is 2.86. The van der Waals surface area contributed by atoms with Gasteiger partial charge in [-0.2, -0.15) is 0 Å². The van der Waals surface area contributed by atoms with E-state index < -0.39 is 9.84 Å². The normalized spacial score (nSPS) is 19.3. The first-order valence-corrected chi connectivity index (χ1v) is 10.5. The van der Waals surface area contributed by atoms with Crippen molar-refractivity contribution in [2.45, 2.75) is 25.8 Å². The van der Waals surface area contributed by atoms with Crippen molar-refractivity contribution in [2.24, 2.45) is 0 Å². The smallest absolute Gasteiger partial charge is 0.228 e. The van der Waals surface area contributed by atoms with Gasteiger partial charge in [-0.1, -0.05) is 23.8 Å². The van der Waals surface area contributed by atoms with Crippen molar-refractivity contribution in [1.29, 1.82) is 0 Å². The molecule has 1 aromatic heterocycles.